The van der Waals surface area contributed by atoms with Crippen molar-refractivity contribution in [2.75, 3.05) is 13.1 Å². The van der Waals surface area contributed by atoms with Gasteiger partial charge in [-0.25, -0.2) is 0 Å². The summed E-state index contributed by atoms with van der Waals surface area (Å²) in [5.41, 5.74) is -1.16. The van der Waals surface area contributed by atoms with Crippen LogP contribution in [-0.2, 0) is 6.18 Å². The highest BCUT2D eigenvalue weighted by molar-refractivity contribution is 7.07. The highest BCUT2D eigenvalue weighted by atomic mass is 32.1. The zero-order valence-corrected chi connectivity index (χ0v) is 13.4. The molecule has 1 amide bonds. The van der Waals surface area contributed by atoms with Gasteiger partial charge < -0.3 is 9.88 Å². The summed E-state index contributed by atoms with van der Waals surface area (Å²) in [4.78, 5) is 27.5. The lowest BCUT2D eigenvalue weighted by molar-refractivity contribution is -0.141. The van der Waals surface area contributed by atoms with Gasteiger partial charge >= 0.3 is 6.18 Å². The Morgan fingerprint density at radius 2 is 1.92 bits per heavy atom. The van der Waals surface area contributed by atoms with E-state index in [-0.39, 0.29) is 5.56 Å². The Kier molecular flexibility index (Phi) is 4.49. The van der Waals surface area contributed by atoms with Crippen molar-refractivity contribution in [2.45, 2.75) is 24.9 Å². The molecule has 0 spiro atoms. The number of alkyl halides is 3. The molecule has 1 saturated heterocycles. The fourth-order valence-electron chi connectivity index (χ4n) is 2.90. The minimum absolute atomic E-state index is 0.253. The Bertz CT molecular complexity index is 775. The number of carbonyl (C=O) groups excluding carboxylic acids is 1. The number of aromatic nitrogens is 1. The quantitative estimate of drug-likeness (QED) is 0.896. The summed E-state index contributed by atoms with van der Waals surface area (Å²) < 4.78 is 37.7. The lowest BCUT2D eigenvalue weighted by atomic mass is 9.91. The first-order chi connectivity index (χ1) is 11.4. The second-order valence-corrected chi connectivity index (χ2v) is 6.52. The number of nitrogens with one attached hydrogen (secondary N) is 1. The fraction of sp³-hybridized carbons (Fsp3) is 0.375. The predicted molar refractivity (Wildman–Crippen MR) is 84.3 cm³/mol. The van der Waals surface area contributed by atoms with E-state index in [2.05, 4.69) is 11.4 Å². The van der Waals surface area contributed by atoms with E-state index in [1.807, 2.05) is 5.38 Å². The minimum Gasteiger partial charge on any atom is -0.338 e. The molecule has 0 aliphatic carbocycles. The first kappa shape index (κ1) is 16.8. The van der Waals surface area contributed by atoms with Crippen molar-refractivity contribution in [3.05, 3.63) is 56.1 Å². The Morgan fingerprint density at radius 1 is 1.21 bits per heavy atom. The smallest absolute Gasteiger partial charge is 0.338 e. The summed E-state index contributed by atoms with van der Waals surface area (Å²) in [6, 6.07) is 3.75. The number of hydrogen-bond acceptors (Lipinski definition) is 3. The van der Waals surface area contributed by atoms with Crippen molar-refractivity contribution in [3.8, 4) is 0 Å². The molecule has 1 aliphatic heterocycles. The monoisotopic (exact) mass is 356 g/mol. The number of thiophene rings is 1. The number of pyridine rings is 1. The number of aromatic amines is 1. The van der Waals surface area contributed by atoms with Crippen LogP contribution in [0.25, 0.3) is 0 Å². The lowest BCUT2D eigenvalue weighted by Crippen LogP contribution is -2.40. The van der Waals surface area contributed by atoms with Gasteiger partial charge in [0.25, 0.3) is 11.5 Å². The summed E-state index contributed by atoms with van der Waals surface area (Å²) >= 11 is 1.62. The molecule has 2 aromatic rings. The first-order valence-electron chi connectivity index (χ1n) is 7.48. The standard InChI is InChI=1S/C16H15F3N2O2S/c17-16(18,19)13-2-1-12(14(22)20-13)15(23)21-6-3-10(4-7-21)11-5-8-24-9-11/h1-2,5,8-10H,3-4,6-7H2,(H,20,22). The molecule has 0 bridgehead atoms. The molecule has 0 saturated carbocycles. The Morgan fingerprint density at radius 3 is 2.46 bits per heavy atom. The number of carbonyl (C=O) groups is 1. The molecule has 3 heterocycles. The topological polar surface area (TPSA) is 53.2 Å². The largest absolute Gasteiger partial charge is 0.431 e. The lowest BCUT2D eigenvalue weighted by Gasteiger charge is -2.31. The summed E-state index contributed by atoms with van der Waals surface area (Å²) in [5, 5.41) is 4.09. The minimum atomic E-state index is -4.64. The SMILES string of the molecule is O=C(c1ccc(C(F)(F)F)[nH]c1=O)N1CCC(c2ccsc2)CC1. The average Bonchev–Trinajstić information content (AvgIpc) is 3.08. The van der Waals surface area contributed by atoms with E-state index >= 15 is 0 Å². The van der Waals surface area contributed by atoms with E-state index in [1.54, 1.807) is 16.3 Å². The molecule has 0 radical (unpaired) electrons. The molecule has 128 valence electrons. The van der Waals surface area contributed by atoms with Crippen LogP contribution in [0.3, 0.4) is 0 Å². The van der Waals surface area contributed by atoms with Gasteiger partial charge in [0, 0.05) is 13.1 Å². The summed E-state index contributed by atoms with van der Waals surface area (Å²) in [5.74, 6) is -0.139. The van der Waals surface area contributed by atoms with Gasteiger partial charge in [0.15, 0.2) is 0 Å². The van der Waals surface area contributed by atoms with Gasteiger partial charge in [0.2, 0.25) is 0 Å². The third kappa shape index (κ3) is 3.38. The van der Waals surface area contributed by atoms with E-state index in [9.17, 15) is 22.8 Å². The molecule has 4 nitrogen and oxygen atoms in total. The average molecular weight is 356 g/mol. The van der Waals surface area contributed by atoms with E-state index < -0.39 is 23.3 Å². The van der Waals surface area contributed by atoms with Crippen LogP contribution in [0.5, 0.6) is 0 Å². The predicted octanol–water partition coefficient (Wildman–Crippen LogP) is 3.48. The molecule has 1 aliphatic rings. The molecule has 1 fully saturated rings. The van der Waals surface area contributed by atoms with E-state index in [0.717, 1.165) is 25.0 Å². The number of hydrogen-bond donors (Lipinski definition) is 1. The summed E-state index contributed by atoms with van der Waals surface area (Å²) in [7, 11) is 0. The van der Waals surface area contributed by atoms with Crippen molar-refractivity contribution < 1.29 is 18.0 Å². The van der Waals surface area contributed by atoms with Crippen LogP contribution in [0.15, 0.2) is 33.8 Å². The molecule has 0 aromatic carbocycles. The van der Waals surface area contributed by atoms with Crippen molar-refractivity contribution in [3.63, 3.8) is 0 Å². The Hall–Kier alpha value is -2.09. The van der Waals surface area contributed by atoms with Crippen LogP contribution in [0.4, 0.5) is 13.2 Å². The maximum Gasteiger partial charge on any atom is 0.431 e. The summed E-state index contributed by atoms with van der Waals surface area (Å²) in [6.07, 6.45) is -3.08. The highest BCUT2D eigenvalue weighted by Crippen LogP contribution is 2.30. The number of likely N-dealkylation sites (tertiary alicyclic amines) is 1. The van der Waals surface area contributed by atoms with Gasteiger partial charge in [0.05, 0.1) is 0 Å². The maximum absolute atomic E-state index is 12.6. The van der Waals surface area contributed by atoms with Crippen LogP contribution in [0.2, 0.25) is 0 Å². The first-order valence-corrected chi connectivity index (χ1v) is 8.42. The van der Waals surface area contributed by atoms with Gasteiger partial charge in [-0.05, 0) is 53.3 Å². The number of H-pyrrole nitrogens is 1. The van der Waals surface area contributed by atoms with E-state index in [0.29, 0.717) is 19.0 Å². The number of nitrogens with zero attached hydrogens (tertiary/aromatic N) is 1. The van der Waals surface area contributed by atoms with Crippen LogP contribution in [-0.4, -0.2) is 28.9 Å². The normalized spacial score (nSPS) is 16.4. The zero-order chi connectivity index (χ0) is 17.3. The molecular formula is C16H15F3N2O2S. The molecule has 1 N–H and O–H groups in total. The van der Waals surface area contributed by atoms with Crippen LogP contribution < -0.4 is 5.56 Å². The number of piperidine rings is 1. The molecule has 8 heteroatoms. The van der Waals surface area contributed by atoms with Gasteiger partial charge in [-0.1, -0.05) is 0 Å². The Labute approximate surface area is 139 Å². The highest BCUT2D eigenvalue weighted by Gasteiger charge is 2.33. The molecule has 24 heavy (non-hydrogen) atoms. The summed E-state index contributed by atoms with van der Waals surface area (Å²) in [6.45, 7) is 0.972. The second kappa shape index (κ2) is 6.43. The molecule has 3 rings (SSSR count). The van der Waals surface area contributed by atoms with Crippen LogP contribution >= 0.6 is 11.3 Å². The van der Waals surface area contributed by atoms with E-state index in [4.69, 9.17) is 0 Å². The van der Waals surface area contributed by atoms with Crippen molar-refractivity contribution in [2.24, 2.45) is 0 Å². The molecular weight excluding hydrogens is 341 g/mol. The molecule has 0 unspecified atom stereocenters. The number of halogens is 3. The third-order valence-corrected chi connectivity index (χ3v) is 4.94. The third-order valence-electron chi connectivity index (χ3n) is 4.24. The van der Waals surface area contributed by atoms with Crippen molar-refractivity contribution in [1.82, 2.24) is 9.88 Å². The second-order valence-electron chi connectivity index (χ2n) is 5.74. The van der Waals surface area contributed by atoms with Gasteiger partial charge in [0.1, 0.15) is 11.3 Å². The Balaban J connectivity index is 1.71. The fourth-order valence-corrected chi connectivity index (χ4v) is 3.64. The van der Waals surface area contributed by atoms with Gasteiger partial charge in [-0.15, -0.1) is 0 Å². The maximum atomic E-state index is 12.6. The zero-order valence-electron chi connectivity index (χ0n) is 12.6. The van der Waals surface area contributed by atoms with Crippen LogP contribution in [0, 0.1) is 0 Å². The van der Waals surface area contributed by atoms with E-state index in [1.165, 1.54) is 10.5 Å². The van der Waals surface area contributed by atoms with Crippen molar-refractivity contribution >= 4 is 17.2 Å². The van der Waals surface area contributed by atoms with Crippen molar-refractivity contribution in [1.29, 1.82) is 0 Å². The molecule has 0 atom stereocenters. The van der Waals surface area contributed by atoms with Gasteiger partial charge in [-0.2, -0.15) is 24.5 Å². The number of rotatable bonds is 2. The molecule has 2 aromatic heterocycles. The number of amides is 1. The van der Waals surface area contributed by atoms with Crippen LogP contribution in [0.1, 0.15) is 40.4 Å². The van der Waals surface area contributed by atoms with Gasteiger partial charge in [-0.3, -0.25) is 9.59 Å².